The van der Waals surface area contributed by atoms with E-state index in [-0.39, 0.29) is 42.3 Å². The molecule has 52 heavy (non-hydrogen) atoms. The minimum atomic E-state index is -2.13. The van der Waals surface area contributed by atoms with E-state index in [0.717, 1.165) is 6.04 Å². The molecule has 0 saturated carbocycles. The van der Waals surface area contributed by atoms with Gasteiger partial charge in [-0.25, -0.2) is 18.9 Å². The van der Waals surface area contributed by atoms with E-state index in [1.165, 1.54) is 12.1 Å². The summed E-state index contributed by atoms with van der Waals surface area (Å²) in [4.78, 5) is 33.7. The van der Waals surface area contributed by atoms with Crippen LogP contribution in [0.5, 0.6) is 5.75 Å². The summed E-state index contributed by atoms with van der Waals surface area (Å²) >= 11 is 0. The lowest BCUT2D eigenvalue weighted by Gasteiger charge is -2.37. The van der Waals surface area contributed by atoms with Gasteiger partial charge in [0, 0.05) is 50.7 Å². The van der Waals surface area contributed by atoms with Crippen LogP contribution in [-0.4, -0.2) is 80.9 Å². The minimum absolute atomic E-state index is 0.0119. The van der Waals surface area contributed by atoms with Gasteiger partial charge < -0.3 is 23.5 Å². The first kappa shape index (κ1) is 40.8. The number of esters is 1. The highest BCUT2D eigenvalue weighted by molar-refractivity contribution is 6.76. The molecule has 10 nitrogen and oxygen atoms in total. The van der Waals surface area contributed by atoms with Crippen LogP contribution in [0.2, 0.25) is 43.8 Å². The van der Waals surface area contributed by atoms with Crippen LogP contribution in [0.15, 0.2) is 54.9 Å². The first-order valence-corrected chi connectivity index (χ1v) is 24.6. The number of ether oxygens (including phenoxy) is 3. The van der Waals surface area contributed by atoms with E-state index in [1.54, 1.807) is 53.2 Å². The molecule has 2 aromatic carbocycles. The van der Waals surface area contributed by atoms with Gasteiger partial charge in [-0.3, -0.25) is 4.79 Å². The Kier molecular flexibility index (Phi) is 13.6. The Labute approximate surface area is 309 Å². The summed E-state index contributed by atoms with van der Waals surface area (Å²) in [6, 6.07) is 12.5. The Morgan fingerprint density at radius 2 is 1.71 bits per heavy atom. The van der Waals surface area contributed by atoms with E-state index < -0.39 is 22.4 Å². The summed E-state index contributed by atoms with van der Waals surface area (Å²) in [5.74, 6) is -0.670. The minimum Gasteiger partial charge on any atom is -0.493 e. The van der Waals surface area contributed by atoms with Gasteiger partial charge >= 0.3 is 5.97 Å². The lowest BCUT2D eigenvalue weighted by molar-refractivity contribution is 0.0521. The molecule has 282 valence electrons. The zero-order chi connectivity index (χ0) is 38.3. The van der Waals surface area contributed by atoms with E-state index in [0.29, 0.717) is 65.3 Å². The summed E-state index contributed by atoms with van der Waals surface area (Å²) in [7, 11) is -3.45. The third-order valence-electron chi connectivity index (χ3n) is 9.37. The van der Waals surface area contributed by atoms with Gasteiger partial charge in [0.25, 0.3) is 5.91 Å². The standard InChI is InChI=1S/C39H55FN4O6Si2/c1-11-48-34-23-29(16-17-32(34)28-14-13-15-31(40)22-28)37(45)43(18-19-50-52(9,10)39(3,4)5)26-30-24-41-35(38(46)49-12-2)33-25-42-44(36(30)33)27-47-20-21-51(6,7)8/h13-17,22-25H,11-12,18-21,26-27H2,1-10H3. The Morgan fingerprint density at radius 3 is 2.37 bits per heavy atom. The normalized spacial score (nSPS) is 12.3. The number of pyridine rings is 1. The lowest BCUT2D eigenvalue weighted by atomic mass is 10.0. The Hall–Kier alpha value is -3.92. The summed E-state index contributed by atoms with van der Waals surface area (Å²) in [5, 5.41) is 5.10. The van der Waals surface area contributed by atoms with Gasteiger partial charge in [-0.1, -0.05) is 52.5 Å². The second kappa shape index (κ2) is 17.3. The fourth-order valence-corrected chi connectivity index (χ4v) is 7.16. The molecular weight excluding hydrogens is 696 g/mol. The average Bonchev–Trinajstić information content (AvgIpc) is 3.49. The highest BCUT2D eigenvalue weighted by Crippen LogP contribution is 2.37. The van der Waals surface area contributed by atoms with Crippen molar-refractivity contribution in [3.8, 4) is 16.9 Å². The Balaban J connectivity index is 1.76. The molecule has 0 atom stereocenters. The monoisotopic (exact) mass is 750 g/mol. The van der Waals surface area contributed by atoms with Crippen LogP contribution in [0.3, 0.4) is 0 Å². The van der Waals surface area contributed by atoms with Crippen molar-refractivity contribution in [2.45, 2.75) is 91.7 Å². The Morgan fingerprint density at radius 1 is 0.962 bits per heavy atom. The van der Waals surface area contributed by atoms with Crippen molar-refractivity contribution >= 4 is 39.2 Å². The van der Waals surface area contributed by atoms with Crippen molar-refractivity contribution in [3.05, 3.63) is 77.5 Å². The first-order valence-electron chi connectivity index (χ1n) is 18.0. The number of benzene rings is 2. The molecule has 4 rings (SSSR count). The summed E-state index contributed by atoms with van der Waals surface area (Å²) < 4.78 is 39.8. The number of nitrogens with zero attached hydrogens (tertiary/aromatic N) is 4. The van der Waals surface area contributed by atoms with E-state index in [9.17, 15) is 14.0 Å². The van der Waals surface area contributed by atoms with E-state index in [4.69, 9.17) is 18.6 Å². The van der Waals surface area contributed by atoms with Gasteiger partial charge in [-0.05, 0) is 73.9 Å². The van der Waals surface area contributed by atoms with E-state index in [1.807, 2.05) is 13.0 Å². The van der Waals surface area contributed by atoms with E-state index in [2.05, 4.69) is 63.6 Å². The molecular formula is C39H55FN4O6Si2. The molecule has 0 aliphatic rings. The number of amides is 1. The molecule has 0 aliphatic heterocycles. The van der Waals surface area contributed by atoms with Gasteiger partial charge in [0.15, 0.2) is 14.0 Å². The second-order valence-corrected chi connectivity index (χ2v) is 26.0. The fraction of sp³-hybridized carbons (Fsp3) is 0.487. The van der Waals surface area contributed by atoms with Crippen LogP contribution >= 0.6 is 0 Å². The summed E-state index contributed by atoms with van der Waals surface area (Å²) in [6.45, 7) is 23.5. The number of aromatic nitrogens is 3. The summed E-state index contributed by atoms with van der Waals surface area (Å²) in [6.07, 6.45) is 3.22. The quantitative estimate of drug-likeness (QED) is 0.0600. The summed E-state index contributed by atoms with van der Waals surface area (Å²) in [5.41, 5.74) is 3.23. The molecule has 0 radical (unpaired) electrons. The molecule has 0 fully saturated rings. The molecule has 0 N–H and O–H groups in total. The molecule has 0 bridgehead atoms. The molecule has 13 heteroatoms. The SMILES string of the molecule is CCOC(=O)c1ncc(CN(CCO[Si](C)(C)C(C)(C)C)C(=O)c2ccc(-c3cccc(F)c3)c(OCC)c2)c2c1cnn2COCC[Si](C)(C)C. The zero-order valence-corrected chi connectivity index (χ0v) is 34.5. The first-order chi connectivity index (χ1) is 24.5. The van der Waals surface area contributed by atoms with Gasteiger partial charge in [0.2, 0.25) is 0 Å². The molecule has 1 amide bonds. The number of rotatable bonds is 17. The van der Waals surface area contributed by atoms with Crippen molar-refractivity contribution in [1.29, 1.82) is 0 Å². The van der Waals surface area contributed by atoms with Crippen molar-refractivity contribution in [3.63, 3.8) is 0 Å². The number of halogens is 1. The van der Waals surface area contributed by atoms with Crippen LogP contribution in [0, 0.1) is 5.82 Å². The smallest absolute Gasteiger partial charge is 0.357 e. The van der Waals surface area contributed by atoms with Gasteiger partial charge in [0.05, 0.1) is 36.9 Å². The maximum atomic E-state index is 14.5. The number of carbonyl (C=O) groups excluding carboxylic acids is 2. The largest absolute Gasteiger partial charge is 0.493 e. The topological polar surface area (TPSA) is 105 Å². The predicted octanol–water partition coefficient (Wildman–Crippen LogP) is 8.79. The lowest BCUT2D eigenvalue weighted by Crippen LogP contribution is -2.43. The second-order valence-electron chi connectivity index (χ2n) is 15.6. The van der Waals surface area contributed by atoms with Crippen LogP contribution in [0.1, 0.15) is 61.0 Å². The van der Waals surface area contributed by atoms with Gasteiger partial charge in [0.1, 0.15) is 18.3 Å². The maximum absolute atomic E-state index is 14.5. The van der Waals surface area contributed by atoms with Crippen molar-refractivity contribution < 1.29 is 32.6 Å². The molecule has 0 spiro atoms. The van der Waals surface area contributed by atoms with Crippen LogP contribution in [0.25, 0.3) is 22.0 Å². The Bertz CT molecular complexity index is 1850. The van der Waals surface area contributed by atoms with Crippen molar-refractivity contribution in [2.24, 2.45) is 0 Å². The van der Waals surface area contributed by atoms with E-state index >= 15 is 0 Å². The molecule has 4 aromatic rings. The molecule has 0 unspecified atom stereocenters. The molecule has 2 aromatic heterocycles. The number of hydrogen-bond acceptors (Lipinski definition) is 8. The maximum Gasteiger partial charge on any atom is 0.357 e. The highest BCUT2D eigenvalue weighted by atomic mass is 28.4. The molecule has 0 aliphatic carbocycles. The third-order valence-corrected chi connectivity index (χ3v) is 15.6. The van der Waals surface area contributed by atoms with Crippen LogP contribution in [-0.2, 0) is 27.2 Å². The fourth-order valence-electron chi connectivity index (χ4n) is 5.37. The van der Waals surface area contributed by atoms with Crippen LogP contribution < -0.4 is 4.74 Å². The highest BCUT2D eigenvalue weighted by Gasteiger charge is 2.37. The molecule has 0 saturated heterocycles. The average molecular weight is 751 g/mol. The van der Waals surface area contributed by atoms with Gasteiger partial charge in [-0.15, -0.1) is 0 Å². The molecule has 2 heterocycles. The third kappa shape index (κ3) is 10.4. The van der Waals surface area contributed by atoms with Crippen LogP contribution in [0.4, 0.5) is 4.39 Å². The van der Waals surface area contributed by atoms with Crippen molar-refractivity contribution in [1.82, 2.24) is 19.7 Å². The van der Waals surface area contributed by atoms with Gasteiger partial charge in [-0.2, -0.15) is 5.10 Å². The zero-order valence-electron chi connectivity index (χ0n) is 32.5. The predicted molar refractivity (Wildman–Crippen MR) is 208 cm³/mol. The number of carbonyl (C=O) groups is 2. The number of hydrogen-bond donors (Lipinski definition) is 0. The van der Waals surface area contributed by atoms with Crippen molar-refractivity contribution in [2.75, 3.05) is 33.0 Å². The number of fused-ring (bicyclic) bond motifs is 1.